The lowest BCUT2D eigenvalue weighted by atomic mass is 9.96. The summed E-state index contributed by atoms with van der Waals surface area (Å²) in [5.41, 5.74) is 6.31. The molecule has 0 bridgehead atoms. The topological polar surface area (TPSA) is 79.2 Å². The summed E-state index contributed by atoms with van der Waals surface area (Å²) in [5, 5.41) is 0. The average molecular weight is 279 g/mol. The van der Waals surface area contributed by atoms with Crippen molar-refractivity contribution in [2.24, 2.45) is 11.7 Å². The van der Waals surface area contributed by atoms with Crippen molar-refractivity contribution in [3.8, 4) is 0 Å². The second kappa shape index (κ2) is 5.52. The van der Waals surface area contributed by atoms with Crippen molar-refractivity contribution in [2.75, 3.05) is 13.1 Å². The predicted molar refractivity (Wildman–Crippen MR) is 77.2 cm³/mol. The number of nitrogens with zero attached hydrogens (tertiary/aromatic N) is 1. The molecule has 2 heterocycles. The number of carbonyl (C=O) groups excluding carboxylic acids is 1. The first-order valence-electron chi connectivity index (χ1n) is 6.27. The molecule has 19 heavy (non-hydrogen) atoms. The molecule has 1 aliphatic heterocycles. The Hall–Kier alpha value is -1.69. The lowest BCUT2D eigenvalue weighted by molar-refractivity contribution is 0.0708. The van der Waals surface area contributed by atoms with Gasteiger partial charge in [0.25, 0.3) is 5.91 Å². The monoisotopic (exact) mass is 279 g/mol. The van der Waals surface area contributed by atoms with Gasteiger partial charge in [-0.15, -0.1) is 0 Å². The third-order valence-electron chi connectivity index (χ3n) is 3.47. The van der Waals surface area contributed by atoms with E-state index in [2.05, 4.69) is 4.98 Å². The number of hydrogen-bond donors (Lipinski definition) is 2. The molecule has 1 amide bonds. The third kappa shape index (κ3) is 3.01. The van der Waals surface area contributed by atoms with Crippen LogP contribution in [0.2, 0.25) is 0 Å². The van der Waals surface area contributed by atoms with Gasteiger partial charge in [-0.2, -0.15) is 0 Å². The minimum atomic E-state index is -0.238. The first-order valence-corrected chi connectivity index (χ1v) is 6.68. The number of pyridine rings is 1. The van der Waals surface area contributed by atoms with Crippen LogP contribution in [-0.4, -0.2) is 33.9 Å². The van der Waals surface area contributed by atoms with E-state index in [0.29, 0.717) is 18.1 Å². The van der Waals surface area contributed by atoms with Crippen LogP contribution in [0, 0.1) is 12.8 Å². The molecule has 3 N–H and O–H groups in total. The van der Waals surface area contributed by atoms with E-state index in [1.165, 1.54) is 12.3 Å². The first kappa shape index (κ1) is 13.7. The van der Waals surface area contributed by atoms with E-state index in [0.717, 1.165) is 18.5 Å². The highest BCUT2D eigenvalue weighted by molar-refractivity contribution is 7.80. The summed E-state index contributed by atoms with van der Waals surface area (Å²) < 4.78 is 0. The smallest absolute Gasteiger partial charge is 0.259 e. The highest BCUT2D eigenvalue weighted by atomic mass is 32.1. The van der Waals surface area contributed by atoms with E-state index >= 15 is 0 Å². The number of aromatic nitrogens is 1. The lowest BCUT2D eigenvalue weighted by Gasteiger charge is -2.31. The Morgan fingerprint density at radius 3 is 2.63 bits per heavy atom. The maximum absolute atomic E-state index is 12.3. The van der Waals surface area contributed by atoms with Gasteiger partial charge in [0.1, 0.15) is 5.56 Å². The van der Waals surface area contributed by atoms with Crippen LogP contribution in [0.1, 0.15) is 28.9 Å². The summed E-state index contributed by atoms with van der Waals surface area (Å²) in [7, 11) is 0. The molecule has 0 unspecified atom stereocenters. The zero-order valence-electron chi connectivity index (χ0n) is 10.8. The number of aryl methyl sites for hydroxylation is 1. The van der Waals surface area contributed by atoms with Crippen molar-refractivity contribution in [1.82, 2.24) is 9.88 Å². The number of thiocarbonyl (C=S) groups is 1. The molecule has 1 fully saturated rings. The van der Waals surface area contributed by atoms with E-state index in [9.17, 15) is 9.59 Å². The number of nitrogens with one attached hydrogen (secondary N) is 1. The number of nitrogens with two attached hydrogens (primary N) is 1. The van der Waals surface area contributed by atoms with Gasteiger partial charge in [0.2, 0.25) is 0 Å². The minimum absolute atomic E-state index is 0.194. The fourth-order valence-corrected chi connectivity index (χ4v) is 2.51. The molecule has 0 spiro atoms. The molecular weight excluding hydrogens is 262 g/mol. The predicted octanol–water partition coefficient (Wildman–Crippen LogP) is 0.822. The number of hydrogen-bond acceptors (Lipinski definition) is 3. The molecule has 1 aromatic heterocycles. The maximum Gasteiger partial charge on any atom is 0.259 e. The normalized spacial score (nSPS) is 16.4. The molecule has 0 radical (unpaired) electrons. The zero-order chi connectivity index (χ0) is 14.0. The molecule has 2 rings (SSSR count). The summed E-state index contributed by atoms with van der Waals surface area (Å²) in [6, 6.07) is 1.44. The Labute approximate surface area is 116 Å². The van der Waals surface area contributed by atoms with Crippen LogP contribution in [0.3, 0.4) is 0 Å². The van der Waals surface area contributed by atoms with Crippen molar-refractivity contribution in [1.29, 1.82) is 0 Å². The minimum Gasteiger partial charge on any atom is -0.393 e. The van der Waals surface area contributed by atoms with E-state index in [4.69, 9.17) is 18.0 Å². The Bertz CT molecular complexity index is 559. The molecular formula is C13H17N3O2S. The second-order valence-corrected chi connectivity index (χ2v) is 5.33. The molecule has 102 valence electrons. The first-order chi connectivity index (χ1) is 8.99. The highest BCUT2D eigenvalue weighted by Gasteiger charge is 2.26. The average Bonchev–Trinajstić information content (AvgIpc) is 2.38. The van der Waals surface area contributed by atoms with Gasteiger partial charge < -0.3 is 15.6 Å². The molecule has 0 aliphatic carbocycles. The lowest BCUT2D eigenvalue weighted by Crippen LogP contribution is -2.42. The molecule has 1 saturated heterocycles. The van der Waals surface area contributed by atoms with Crippen LogP contribution in [0.25, 0.3) is 0 Å². The molecule has 6 heteroatoms. The van der Waals surface area contributed by atoms with Crippen LogP contribution in [0.15, 0.2) is 17.1 Å². The van der Waals surface area contributed by atoms with Gasteiger partial charge in [-0.05, 0) is 19.8 Å². The number of amides is 1. The second-order valence-electron chi connectivity index (χ2n) is 4.86. The Morgan fingerprint density at radius 2 is 2.11 bits per heavy atom. The van der Waals surface area contributed by atoms with Crippen molar-refractivity contribution < 1.29 is 4.79 Å². The largest absolute Gasteiger partial charge is 0.393 e. The van der Waals surface area contributed by atoms with Crippen molar-refractivity contribution in [3.63, 3.8) is 0 Å². The molecule has 1 aliphatic rings. The third-order valence-corrected chi connectivity index (χ3v) is 3.81. The number of carbonyl (C=O) groups is 1. The summed E-state index contributed by atoms with van der Waals surface area (Å²) in [4.78, 5) is 29.1. The number of H-pyrrole nitrogens is 1. The number of rotatable bonds is 2. The molecule has 0 saturated carbocycles. The quantitative estimate of drug-likeness (QED) is 0.786. The van der Waals surface area contributed by atoms with Gasteiger partial charge in [-0.25, -0.2) is 0 Å². The Balaban J connectivity index is 2.09. The van der Waals surface area contributed by atoms with Crippen molar-refractivity contribution in [3.05, 3.63) is 33.7 Å². The summed E-state index contributed by atoms with van der Waals surface area (Å²) >= 11 is 4.97. The summed E-state index contributed by atoms with van der Waals surface area (Å²) in [6.07, 6.45) is 3.02. The summed E-state index contributed by atoms with van der Waals surface area (Å²) in [5.74, 6) is -0.0157. The van der Waals surface area contributed by atoms with Gasteiger partial charge in [-0.1, -0.05) is 12.2 Å². The molecule has 0 aromatic carbocycles. The van der Waals surface area contributed by atoms with Crippen molar-refractivity contribution >= 4 is 23.1 Å². The molecule has 1 aromatic rings. The SMILES string of the molecule is Cc1cc(=O)c(C(=O)N2CCC(C(N)=S)CC2)c[nH]1. The molecule has 5 nitrogen and oxygen atoms in total. The molecule has 0 atom stereocenters. The fraction of sp³-hybridized carbons (Fsp3) is 0.462. The van der Waals surface area contributed by atoms with E-state index in [1.54, 1.807) is 11.8 Å². The van der Waals surface area contributed by atoms with E-state index in [-0.39, 0.29) is 22.8 Å². The number of aromatic amines is 1. The van der Waals surface area contributed by atoms with Crippen LogP contribution in [0.5, 0.6) is 0 Å². The van der Waals surface area contributed by atoms with Gasteiger partial charge in [0.05, 0.1) is 4.99 Å². The van der Waals surface area contributed by atoms with Gasteiger partial charge in [-0.3, -0.25) is 9.59 Å². The summed E-state index contributed by atoms with van der Waals surface area (Å²) in [6.45, 7) is 2.96. The van der Waals surface area contributed by atoms with Crippen LogP contribution in [0.4, 0.5) is 0 Å². The maximum atomic E-state index is 12.3. The Kier molecular flexibility index (Phi) is 3.99. The van der Waals surface area contributed by atoms with E-state index in [1.807, 2.05) is 0 Å². The van der Waals surface area contributed by atoms with Crippen LogP contribution >= 0.6 is 12.2 Å². The van der Waals surface area contributed by atoms with Gasteiger partial charge in [0, 0.05) is 37.0 Å². The van der Waals surface area contributed by atoms with Crippen LogP contribution in [-0.2, 0) is 0 Å². The number of piperidine rings is 1. The van der Waals surface area contributed by atoms with E-state index < -0.39 is 0 Å². The fourth-order valence-electron chi connectivity index (χ4n) is 2.28. The Morgan fingerprint density at radius 1 is 1.47 bits per heavy atom. The number of likely N-dealkylation sites (tertiary alicyclic amines) is 1. The van der Waals surface area contributed by atoms with Crippen molar-refractivity contribution in [2.45, 2.75) is 19.8 Å². The zero-order valence-corrected chi connectivity index (χ0v) is 11.6. The highest BCUT2D eigenvalue weighted by Crippen LogP contribution is 2.18. The van der Waals surface area contributed by atoms with Gasteiger partial charge in [0.15, 0.2) is 5.43 Å². The standard InChI is InChI=1S/C13H17N3O2S/c1-8-6-11(17)10(7-15-8)13(18)16-4-2-9(3-5-16)12(14)19/h6-7,9H,2-5H2,1H3,(H2,14,19)(H,15,17). The van der Waals surface area contributed by atoms with Gasteiger partial charge >= 0.3 is 0 Å². The van der Waals surface area contributed by atoms with Crippen LogP contribution < -0.4 is 11.2 Å².